The third-order valence-electron chi connectivity index (χ3n) is 4.09. The van der Waals surface area contributed by atoms with Gasteiger partial charge in [-0.25, -0.2) is 4.58 Å². The molecular formula is C18H20BrNO. The van der Waals surface area contributed by atoms with E-state index in [1.54, 1.807) is 0 Å². The quantitative estimate of drug-likeness (QED) is 0.701. The molecule has 3 heteroatoms. The van der Waals surface area contributed by atoms with E-state index in [4.69, 9.17) is 4.74 Å². The van der Waals surface area contributed by atoms with Gasteiger partial charge >= 0.3 is 5.90 Å². The van der Waals surface area contributed by atoms with Crippen molar-refractivity contribution < 1.29 is 26.3 Å². The van der Waals surface area contributed by atoms with Crippen LogP contribution in [-0.2, 0) is 10.2 Å². The fraction of sp³-hybridized carbons (Fsp3) is 0.278. The molecule has 1 aliphatic heterocycles. The van der Waals surface area contributed by atoms with Crippen molar-refractivity contribution in [3.05, 3.63) is 71.8 Å². The van der Waals surface area contributed by atoms with Crippen LogP contribution in [-0.4, -0.2) is 31.2 Å². The molecule has 1 saturated heterocycles. The van der Waals surface area contributed by atoms with Crippen LogP contribution >= 0.6 is 0 Å². The van der Waals surface area contributed by atoms with E-state index < -0.39 is 0 Å². The van der Waals surface area contributed by atoms with Crippen LogP contribution in [0.4, 0.5) is 0 Å². The minimum Gasteiger partial charge on any atom is -1.00 e. The molecule has 0 saturated carbocycles. The summed E-state index contributed by atoms with van der Waals surface area (Å²) in [6.07, 6.45) is 0.911. The lowest BCUT2D eigenvalue weighted by atomic mass is 9.74. The molecule has 0 amide bonds. The van der Waals surface area contributed by atoms with Gasteiger partial charge in [-0.05, 0) is 11.1 Å². The molecule has 110 valence electrons. The Morgan fingerprint density at radius 1 is 0.857 bits per heavy atom. The third kappa shape index (κ3) is 2.88. The highest BCUT2D eigenvalue weighted by Crippen LogP contribution is 2.40. The van der Waals surface area contributed by atoms with Gasteiger partial charge in [-0.2, -0.15) is 0 Å². The van der Waals surface area contributed by atoms with Gasteiger partial charge in [0.1, 0.15) is 20.7 Å². The molecule has 1 heterocycles. The zero-order valence-electron chi connectivity index (χ0n) is 12.4. The predicted molar refractivity (Wildman–Crippen MR) is 81.3 cm³/mol. The van der Waals surface area contributed by atoms with E-state index in [9.17, 15) is 0 Å². The van der Waals surface area contributed by atoms with Crippen LogP contribution in [0, 0.1) is 0 Å². The van der Waals surface area contributed by atoms with Gasteiger partial charge in [0, 0.05) is 0 Å². The van der Waals surface area contributed by atoms with E-state index in [2.05, 4.69) is 65.2 Å². The van der Waals surface area contributed by atoms with Crippen molar-refractivity contribution in [2.45, 2.75) is 11.8 Å². The van der Waals surface area contributed by atoms with E-state index in [1.807, 2.05) is 14.1 Å². The molecule has 0 aromatic heterocycles. The highest BCUT2D eigenvalue weighted by molar-refractivity contribution is 5.77. The molecule has 1 fully saturated rings. The van der Waals surface area contributed by atoms with Crippen molar-refractivity contribution in [3.63, 3.8) is 0 Å². The lowest BCUT2D eigenvalue weighted by Crippen LogP contribution is -3.00. The molecule has 0 unspecified atom stereocenters. The molecule has 2 aromatic rings. The van der Waals surface area contributed by atoms with Crippen molar-refractivity contribution in [2.24, 2.45) is 0 Å². The van der Waals surface area contributed by atoms with Crippen molar-refractivity contribution >= 4 is 5.90 Å². The second kappa shape index (κ2) is 6.44. The molecule has 0 N–H and O–H groups in total. The zero-order valence-corrected chi connectivity index (χ0v) is 14.0. The highest BCUT2D eigenvalue weighted by atomic mass is 79.9. The average Bonchev–Trinajstić information content (AvgIpc) is 2.96. The lowest BCUT2D eigenvalue weighted by Gasteiger charge is -2.26. The Labute approximate surface area is 136 Å². The first kappa shape index (κ1) is 15.8. The van der Waals surface area contributed by atoms with Gasteiger partial charge < -0.3 is 21.7 Å². The summed E-state index contributed by atoms with van der Waals surface area (Å²) in [5.74, 6) is 1.05. The number of nitrogens with zero attached hydrogens (tertiary/aromatic N) is 1. The van der Waals surface area contributed by atoms with Crippen LogP contribution in [0.2, 0.25) is 0 Å². The Bertz CT molecular complexity index is 579. The Balaban J connectivity index is 0.00000161. The van der Waals surface area contributed by atoms with Crippen LogP contribution in [0.25, 0.3) is 0 Å². The number of hydrogen-bond acceptors (Lipinski definition) is 1. The smallest absolute Gasteiger partial charge is 0.337 e. The molecule has 2 aromatic carbocycles. The monoisotopic (exact) mass is 345 g/mol. The zero-order chi connectivity index (χ0) is 14.0. The molecule has 0 atom stereocenters. The molecule has 1 aliphatic rings. The standard InChI is InChI=1S/C18H20NO.BrH/c1-19(2)17-13-18(14-20-17,15-9-5-3-6-10-15)16-11-7-4-8-12-16;/h3-12H,13-14H2,1-2H3;1H/q+1;/p-1. The van der Waals surface area contributed by atoms with E-state index in [-0.39, 0.29) is 22.4 Å². The SMILES string of the molecule is C[N+](C)=C1CC(c2ccccc2)(c2ccccc2)CO1.[Br-]. The van der Waals surface area contributed by atoms with E-state index in [0.717, 1.165) is 12.3 Å². The molecule has 3 rings (SSSR count). The number of halogens is 1. The molecule has 2 nitrogen and oxygen atoms in total. The fourth-order valence-electron chi connectivity index (χ4n) is 2.91. The van der Waals surface area contributed by atoms with Crippen LogP contribution < -0.4 is 17.0 Å². The first-order valence-electron chi connectivity index (χ1n) is 6.99. The molecular weight excluding hydrogens is 326 g/mol. The first-order chi connectivity index (χ1) is 9.72. The summed E-state index contributed by atoms with van der Waals surface area (Å²) in [6.45, 7) is 0.703. The molecule has 0 radical (unpaired) electrons. The van der Waals surface area contributed by atoms with Gasteiger partial charge in [0.05, 0.1) is 11.8 Å². The summed E-state index contributed by atoms with van der Waals surface area (Å²) in [7, 11) is 4.09. The van der Waals surface area contributed by atoms with Crippen molar-refractivity contribution in [1.82, 2.24) is 0 Å². The van der Waals surface area contributed by atoms with Gasteiger partial charge in [0.2, 0.25) is 0 Å². The van der Waals surface area contributed by atoms with Crippen LogP contribution in [0.3, 0.4) is 0 Å². The average molecular weight is 346 g/mol. The molecule has 0 aliphatic carbocycles. The number of benzene rings is 2. The highest BCUT2D eigenvalue weighted by Gasteiger charge is 2.45. The second-order valence-electron chi connectivity index (χ2n) is 5.57. The maximum atomic E-state index is 5.98. The summed E-state index contributed by atoms with van der Waals surface area (Å²) in [6, 6.07) is 21.4. The topological polar surface area (TPSA) is 12.2 Å². The number of hydrogen-bond donors (Lipinski definition) is 0. The maximum Gasteiger partial charge on any atom is 0.337 e. The van der Waals surface area contributed by atoms with Gasteiger partial charge in [-0.1, -0.05) is 60.7 Å². The minimum atomic E-state index is -0.0673. The largest absolute Gasteiger partial charge is 1.00 e. The molecule has 0 spiro atoms. The van der Waals surface area contributed by atoms with Crippen molar-refractivity contribution in [2.75, 3.05) is 20.7 Å². The van der Waals surface area contributed by atoms with E-state index in [1.165, 1.54) is 11.1 Å². The van der Waals surface area contributed by atoms with Crippen LogP contribution in [0.15, 0.2) is 60.7 Å². The van der Waals surface area contributed by atoms with Gasteiger partial charge in [0.25, 0.3) is 0 Å². The summed E-state index contributed by atoms with van der Waals surface area (Å²) in [4.78, 5) is 0. The minimum absolute atomic E-state index is 0. The Hall–Kier alpha value is -1.61. The van der Waals surface area contributed by atoms with Gasteiger partial charge in [0.15, 0.2) is 0 Å². The van der Waals surface area contributed by atoms with E-state index in [0.29, 0.717) is 6.61 Å². The fourth-order valence-corrected chi connectivity index (χ4v) is 2.91. The lowest BCUT2D eigenvalue weighted by molar-refractivity contribution is -0.474. The number of rotatable bonds is 2. The summed E-state index contributed by atoms with van der Waals surface area (Å²) >= 11 is 0. The first-order valence-corrected chi connectivity index (χ1v) is 6.99. The third-order valence-corrected chi connectivity index (χ3v) is 4.09. The molecule has 0 bridgehead atoms. The van der Waals surface area contributed by atoms with Crippen LogP contribution in [0.1, 0.15) is 17.5 Å². The van der Waals surface area contributed by atoms with Gasteiger partial charge in [-0.3, -0.25) is 0 Å². The normalized spacial score (nSPS) is 16.0. The second-order valence-corrected chi connectivity index (χ2v) is 5.57. The van der Waals surface area contributed by atoms with Crippen molar-refractivity contribution in [1.29, 1.82) is 0 Å². The summed E-state index contributed by atoms with van der Waals surface area (Å²) in [5, 5.41) is 0. The molecule has 21 heavy (non-hydrogen) atoms. The number of ether oxygens (including phenoxy) is 1. The Morgan fingerprint density at radius 3 is 1.71 bits per heavy atom. The summed E-state index contributed by atoms with van der Waals surface area (Å²) in [5.41, 5.74) is 2.58. The Morgan fingerprint density at radius 2 is 1.33 bits per heavy atom. The predicted octanol–water partition coefficient (Wildman–Crippen LogP) is 0.0676. The van der Waals surface area contributed by atoms with E-state index >= 15 is 0 Å². The Kier molecular flexibility index (Phi) is 4.84. The summed E-state index contributed by atoms with van der Waals surface area (Å²) < 4.78 is 8.06. The van der Waals surface area contributed by atoms with Crippen molar-refractivity contribution in [3.8, 4) is 0 Å². The van der Waals surface area contributed by atoms with Crippen LogP contribution in [0.5, 0.6) is 0 Å². The van der Waals surface area contributed by atoms with Gasteiger partial charge in [-0.15, -0.1) is 0 Å². The maximum absolute atomic E-state index is 5.98.